The zero-order valence-corrected chi connectivity index (χ0v) is 30.9. The predicted octanol–water partition coefficient (Wildman–Crippen LogP) is 1.14. The predicted molar refractivity (Wildman–Crippen MR) is 208 cm³/mol. The van der Waals surface area contributed by atoms with Gasteiger partial charge in [-0.05, 0) is 17.0 Å². The van der Waals surface area contributed by atoms with Crippen LogP contribution in [0.2, 0.25) is 0 Å². The third-order valence-corrected chi connectivity index (χ3v) is 10.8. The van der Waals surface area contributed by atoms with Gasteiger partial charge in [0.05, 0.1) is 0 Å². The molecule has 2 aromatic carbocycles. The zero-order chi connectivity index (χ0) is 37.5. The molecule has 2 aliphatic rings. The molecule has 0 unspecified atom stereocenters. The van der Waals surface area contributed by atoms with Gasteiger partial charge in [0.25, 0.3) is 11.1 Å². The van der Waals surface area contributed by atoms with Crippen LogP contribution >= 0.6 is 0 Å². The van der Waals surface area contributed by atoms with Gasteiger partial charge in [-0.1, -0.05) is 67.6 Å². The summed E-state index contributed by atoms with van der Waals surface area (Å²) < 4.78 is 6.61. The van der Waals surface area contributed by atoms with E-state index in [-0.39, 0.29) is 5.92 Å². The molecule has 54 heavy (non-hydrogen) atoms. The first-order chi connectivity index (χ1) is 26.1. The largest absolute Gasteiger partial charge is 0.340 e. The number of hydrogen-bond acceptors (Lipinski definition) is 10. The van der Waals surface area contributed by atoms with Gasteiger partial charge in [-0.2, -0.15) is 9.97 Å². The number of aromatic nitrogens is 8. The van der Waals surface area contributed by atoms with Crippen LogP contribution in [0.15, 0.2) is 79.8 Å². The van der Waals surface area contributed by atoms with Gasteiger partial charge in [-0.3, -0.25) is 38.5 Å². The molecule has 282 valence electrons. The van der Waals surface area contributed by atoms with E-state index < -0.39 is 22.5 Å². The number of H-pyrrole nitrogens is 2. The van der Waals surface area contributed by atoms with E-state index in [0.29, 0.717) is 73.5 Å². The SMILES string of the molecule is CC(Cn1c(N2CCN(Cc3ccccc3)CC2)nc2c1c(=O)[nH]c(=O)n2C)Cn1c(N2CCN(Cc3ccccc3)CC2)nc2c1c(=O)[nH]c(=O)n2C. The summed E-state index contributed by atoms with van der Waals surface area (Å²) in [6.07, 6.45) is 0. The van der Waals surface area contributed by atoms with Crippen molar-refractivity contribution in [2.45, 2.75) is 33.1 Å². The van der Waals surface area contributed by atoms with Crippen LogP contribution in [0.4, 0.5) is 11.9 Å². The highest BCUT2D eigenvalue weighted by molar-refractivity contribution is 5.75. The van der Waals surface area contributed by atoms with Crippen molar-refractivity contribution < 1.29 is 0 Å². The number of fused-ring (bicyclic) bond motifs is 2. The number of benzene rings is 2. The van der Waals surface area contributed by atoms with Gasteiger partial charge in [0.1, 0.15) is 0 Å². The molecule has 2 N–H and O–H groups in total. The Balaban J connectivity index is 1.09. The van der Waals surface area contributed by atoms with Crippen LogP contribution in [0.1, 0.15) is 18.1 Å². The Morgan fingerprint density at radius 2 is 0.944 bits per heavy atom. The Labute approximate surface area is 310 Å². The topological polar surface area (TPSA) is 158 Å². The molecule has 0 atom stereocenters. The van der Waals surface area contributed by atoms with E-state index in [9.17, 15) is 19.2 Å². The first-order valence-electron chi connectivity index (χ1n) is 18.6. The van der Waals surface area contributed by atoms with Gasteiger partial charge >= 0.3 is 11.4 Å². The monoisotopic (exact) mass is 734 g/mol. The minimum atomic E-state index is -0.521. The summed E-state index contributed by atoms with van der Waals surface area (Å²) in [6.45, 7) is 10.6. The maximum Gasteiger partial charge on any atom is 0.329 e. The van der Waals surface area contributed by atoms with E-state index in [2.05, 4.69) is 85.0 Å². The van der Waals surface area contributed by atoms with Gasteiger partial charge in [0, 0.05) is 92.6 Å². The average Bonchev–Trinajstić information content (AvgIpc) is 3.74. The van der Waals surface area contributed by atoms with Gasteiger partial charge in [0.2, 0.25) is 11.9 Å². The molecule has 8 rings (SSSR count). The van der Waals surface area contributed by atoms with Gasteiger partial charge in [-0.25, -0.2) is 9.59 Å². The van der Waals surface area contributed by atoms with Crippen molar-refractivity contribution >= 4 is 34.2 Å². The van der Waals surface area contributed by atoms with Crippen molar-refractivity contribution in [2.75, 3.05) is 62.2 Å². The molecule has 2 saturated heterocycles. The van der Waals surface area contributed by atoms with Crippen LogP contribution in [0.5, 0.6) is 0 Å². The number of hydrogen-bond donors (Lipinski definition) is 2. The number of piperazine rings is 2. The van der Waals surface area contributed by atoms with Crippen molar-refractivity contribution in [1.82, 2.24) is 48.0 Å². The number of anilines is 2. The van der Waals surface area contributed by atoms with E-state index >= 15 is 0 Å². The summed E-state index contributed by atoms with van der Waals surface area (Å²) >= 11 is 0. The fraction of sp³-hybridized carbons (Fsp3) is 0.421. The summed E-state index contributed by atoms with van der Waals surface area (Å²) in [4.78, 5) is 76.2. The van der Waals surface area contributed by atoms with E-state index in [4.69, 9.17) is 9.97 Å². The summed E-state index contributed by atoms with van der Waals surface area (Å²) in [7, 11) is 3.23. The van der Waals surface area contributed by atoms with Gasteiger partial charge < -0.3 is 18.9 Å². The second kappa shape index (κ2) is 14.6. The van der Waals surface area contributed by atoms with Crippen molar-refractivity contribution in [3.63, 3.8) is 0 Å². The number of aromatic amines is 2. The normalized spacial score (nSPS) is 16.0. The van der Waals surface area contributed by atoms with Crippen LogP contribution in [0.3, 0.4) is 0 Å². The molecule has 16 nitrogen and oxygen atoms in total. The molecular formula is C38H46N12O4. The number of nitrogens with one attached hydrogen (secondary N) is 2. The molecule has 2 aliphatic heterocycles. The molecule has 6 heterocycles. The molecule has 4 aromatic heterocycles. The minimum Gasteiger partial charge on any atom is -0.340 e. The molecule has 0 saturated carbocycles. The first kappa shape index (κ1) is 35.3. The Bertz CT molecular complexity index is 2340. The molecule has 16 heteroatoms. The molecule has 2 fully saturated rings. The highest BCUT2D eigenvalue weighted by Gasteiger charge is 2.29. The lowest BCUT2D eigenvalue weighted by Crippen LogP contribution is -2.47. The molecule has 6 aromatic rings. The molecular weight excluding hydrogens is 688 g/mol. The summed E-state index contributed by atoms with van der Waals surface area (Å²) in [5, 5.41) is 0. The Hall–Kier alpha value is -5.74. The van der Waals surface area contributed by atoms with Crippen LogP contribution in [0, 0.1) is 5.92 Å². The zero-order valence-electron chi connectivity index (χ0n) is 30.9. The van der Waals surface area contributed by atoms with Gasteiger partial charge in [0.15, 0.2) is 22.3 Å². The maximum atomic E-state index is 13.5. The molecule has 0 spiro atoms. The average molecular weight is 735 g/mol. The molecule has 0 radical (unpaired) electrons. The lowest BCUT2D eigenvalue weighted by atomic mass is 10.1. The highest BCUT2D eigenvalue weighted by Crippen LogP contribution is 2.27. The minimum absolute atomic E-state index is 0.135. The number of nitrogens with zero attached hydrogens (tertiary/aromatic N) is 10. The fourth-order valence-electron chi connectivity index (χ4n) is 7.85. The van der Waals surface area contributed by atoms with Crippen molar-refractivity contribution in [3.05, 3.63) is 113 Å². The van der Waals surface area contributed by atoms with E-state index in [0.717, 1.165) is 39.3 Å². The quantitative estimate of drug-likeness (QED) is 0.209. The second-order valence-electron chi connectivity index (χ2n) is 14.6. The summed E-state index contributed by atoms with van der Waals surface area (Å²) in [5.41, 5.74) is 1.80. The van der Waals surface area contributed by atoms with Crippen LogP contribution in [-0.4, -0.2) is 100 Å². The Morgan fingerprint density at radius 1 is 0.574 bits per heavy atom. The standard InChI is InChI=1S/C38H46N12O4/c1-26(22-49-29-31(43(2)37(53)41-33(29)51)39-35(49)47-18-14-45(15-19-47)24-27-10-6-4-7-11-27)23-50-30-32(44(3)38(54)42-34(30)52)40-36(50)48-20-16-46(17-21-48)25-28-12-8-5-9-13-28/h4-13,26H,14-25H2,1-3H3,(H,41,51,53)(H,42,52,54). The maximum absolute atomic E-state index is 13.5. The van der Waals surface area contributed by atoms with Crippen molar-refractivity contribution in [1.29, 1.82) is 0 Å². The molecule has 0 amide bonds. The Kier molecular flexibility index (Phi) is 9.54. The second-order valence-corrected chi connectivity index (χ2v) is 14.6. The highest BCUT2D eigenvalue weighted by atomic mass is 16.2. The smallest absolute Gasteiger partial charge is 0.329 e. The first-order valence-corrected chi connectivity index (χ1v) is 18.6. The van der Waals surface area contributed by atoms with Gasteiger partial charge in [-0.15, -0.1) is 0 Å². The van der Waals surface area contributed by atoms with Crippen molar-refractivity contribution in [3.8, 4) is 0 Å². The van der Waals surface area contributed by atoms with Crippen LogP contribution in [0.25, 0.3) is 22.3 Å². The van der Waals surface area contributed by atoms with Crippen LogP contribution < -0.4 is 32.3 Å². The Morgan fingerprint density at radius 3 is 1.31 bits per heavy atom. The lowest BCUT2D eigenvalue weighted by molar-refractivity contribution is 0.247. The van der Waals surface area contributed by atoms with E-state index in [1.807, 2.05) is 21.3 Å². The number of rotatable bonds is 10. The fourth-order valence-corrected chi connectivity index (χ4v) is 7.85. The molecule has 0 aliphatic carbocycles. The number of aryl methyl sites for hydroxylation is 2. The lowest BCUT2D eigenvalue weighted by Gasteiger charge is -2.36. The third-order valence-electron chi connectivity index (χ3n) is 10.8. The number of imidazole rings is 2. The van der Waals surface area contributed by atoms with E-state index in [1.54, 1.807) is 14.1 Å². The van der Waals surface area contributed by atoms with Crippen LogP contribution in [-0.2, 0) is 40.3 Å². The molecule has 0 bridgehead atoms. The van der Waals surface area contributed by atoms with E-state index in [1.165, 1.54) is 20.3 Å². The van der Waals surface area contributed by atoms with Crippen molar-refractivity contribution in [2.24, 2.45) is 20.0 Å². The third kappa shape index (κ3) is 6.78. The summed E-state index contributed by atoms with van der Waals surface area (Å²) in [5.74, 6) is 1.13. The summed E-state index contributed by atoms with van der Waals surface area (Å²) in [6, 6.07) is 20.8.